The van der Waals surface area contributed by atoms with Crippen LogP contribution in [0.1, 0.15) is 136 Å². The van der Waals surface area contributed by atoms with Crippen molar-refractivity contribution in [2.75, 3.05) is 43.8 Å². The summed E-state index contributed by atoms with van der Waals surface area (Å²) in [7, 11) is 1.31. The topological polar surface area (TPSA) is 17.1 Å². The number of halogens is 1. The molecule has 0 aliphatic rings. The number of benzene rings is 8. The number of ketones is 1. The third-order valence-electron chi connectivity index (χ3n) is 9.44. The summed E-state index contributed by atoms with van der Waals surface area (Å²) in [4.78, 5) is 16.2. The van der Waals surface area contributed by atoms with Gasteiger partial charge in [-0.25, -0.2) is 0 Å². The largest absolute Gasteiger partial charge is 0.357 e. The van der Waals surface area contributed by atoms with Gasteiger partial charge in [0.1, 0.15) is 12.5 Å². The second-order valence-electron chi connectivity index (χ2n) is 15.5. The first-order valence-corrected chi connectivity index (χ1v) is 39.8. The van der Waals surface area contributed by atoms with Gasteiger partial charge in [-0.05, 0) is 126 Å². The van der Waals surface area contributed by atoms with Gasteiger partial charge in [0.15, 0.2) is 37.8 Å². The first-order valence-electron chi connectivity index (χ1n) is 29.9. The molecular formula is C76H118IOS4+5. The van der Waals surface area contributed by atoms with Crippen LogP contribution in [0.4, 0.5) is 0 Å². The van der Waals surface area contributed by atoms with Gasteiger partial charge < -0.3 is 0 Å². The summed E-state index contributed by atoms with van der Waals surface area (Å²) in [6, 6.07) is 85.0. The smallest absolute Gasteiger partial charge is 0.294 e. The van der Waals surface area contributed by atoms with E-state index in [1.54, 1.807) is 6.92 Å². The Morgan fingerprint density at radius 3 is 0.646 bits per heavy atom. The number of hydrogen-bond acceptors (Lipinski definition) is 1. The standard InChI is InChI=1S/2C13H13S.C13H12.C12H10I.C6H13OS.C3H9S.8C2H6/c2*1-14(12-8-4-2-5-9-12)13-10-6-3-7-11-13;1-3-7-12(8-4-1)11-13-9-5-2-6-10-13;1-3-7-11(8-4-1)13-12-9-5-2-6-10-12;1-5(7)6(2)8(3)4;1-4(2)3;8*1-2/h2*2-11H,1H3;1-10H,11H2;1-10H;6H,1-4H3;1-3H3;8*1-2H3/q2*+1;;3*+1;;;;;;;;. The second kappa shape index (κ2) is 69.1. The van der Waals surface area contributed by atoms with E-state index in [1.165, 1.54) is 37.8 Å². The molecule has 0 heterocycles. The fourth-order valence-corrected chi connectivity index (χ4v) is 11.3. The zero-order valence-corrected chi connectivity index (χ0v) is 61.7. The molecule has 1 atom stereocenters. The summed E-state index contributed by atoms with van der Waals surface area (Å²) in [5, 5.41) is 0.259. The Hall–Kier alpha value is -4.44. The molecule has 82 heavy (non-hydrogen) atoms. The minimum absolute atomic E-state index is 0.0287. The molecular weight excluding hydrogens is 1180 g/mol. The van der Waals surface area contributed by atoms with Crippen LogP contribution in [0, 0.1) is 7.14 Å². The van der Waals surface area contributed by atoms with Crippen molar-refractivity contribution in [2.45, 2.75) is 156 Å². The zero-order chi connectivity index (χ0) is 63.8. The van der Waals surface area contributed by atoms with Crippen molar-refractivity contribution in [3.63, 3.8) is 0 Å². The van der Waals surface area contributed by atoms with Crippen LogP contribution in [-0.4, -0.2) is 54.8 Å². The molecule has 8 aromatic carbocycles. The molecule has 0 saturated carbocycles. The molecule has 0 aliphatic carbocycles. The average molecular weight is 1300 g/mol. The summed E-state index contributed by atoms with van der Waals surface area (Å²) in [6.07, 6.45) is 16.3. The van der Waals surface area contributed by atoms with Gasteiger partial charge in [0.2, 0.25) is 0 Å². The highest BCUT2D eigenvalue weighted by Gasteiger charge is 2.20. The van der Waals surface area contributed by atoms with Crippen LogP contribution < -0.4 is 21.2 Å². The van der Waals surface area contributed by atoms with Crippen molar-refractivity contribution >= 4 is 49.4 Å². The Morgan fingerprint density at radius 1 is 0.317 bits per heavy atom. The SMILES string of the molecule is CC.CC.CC.CC.CC.CC.CC.CC.CC(=O)C(C)[S+](C)C.C[S+](C)C.C[S+](c1ccccc1)c1ccccc1.C[S+](c1ccccc1)c1ccccc1.c1ccc(Cc2ccccc2)cc1.c1ccc([I+]c2ccccc2)cc1. The van der Waals surface area contributed by atoms with E-state index in [-0.39, 0.29) is 59.1 Å². The highest BCUT2D eigenvalue weighted by atomic mass is 127. The summed E-state index contributed by atoms with van der Waals surface area (Å²) < 4.78 is 2.96. The van der Waals surface area contributed by atoms with Gasteiger partial charge in [-0.2, -0.15) is 0 Å². The Kier molecular flexibility index (Phi) is 74.8. The predicted octanol–water partition coefficient (Wildman–Crippen LogP) is 19.3. The van der Waals surface area contributed by atoms with E-state index in [9.17, 15) is 4.79 Å². The fourth-order valence-electron chi connectivity index (χ4n) is 5.61. The summed E-state index contributed by atoms with van der Waals surface area (Å²) in [5.41, 5.74) is 2.74. The molecule has 1 nitrogen and oxygen atoms in total. The van der Waals surface area contributed by atoms with Gasteiger partial charge in [0.25, 0.3) is 0 Å². The molecule has 0 radical (unpaired) electrons. The van der Waals surface area contributed by atoms with Crippen molar-refractivity contribution in [1.82, 2.24) is 0 Å². The zero-order valence-electron chi connectivity index (χ0n) is 56.3. The maximum absolute atomic E-state index is 10.6. The van der Waals surface area contributed by atoms with E-state index in [1.807, 2.05) is 118 Å². The van der Waals surface area contributed by atoms with Crippen LogP contribution in [0.25, 0.3) is 0 Å². The molecule has 0 saturated heterocycles. The summed E-state index contributed by atoms with van der Waals surface area (Å²) in [5.74, 6) is 0.304. The van der Waals surface area contributed by atoms with Crippen molar-refractivity contribution in [3.05, 3.63) is 261 Å². The molecule has 0 aliphatic heterocycles. The normalized spacial score (nSPS) is 9.09. The highest BCUT2D eigenvalue weighted by molar-refractivity contribution is 7.97. The number of carbonyl (C=O) groups is 1. The number of hydrogen-bond donors (Lipinski definition) is 0. The van der Waals surface area contributed by atoms with Gasteiger partial charge in [-0.3, -0.25) is 4.79 Å². The number of Topliss-reactive ketones (excluding diaryl/α,β-unsaturated/α-hetero) is 1. The minimum atomic E-state index is 0.0287. The van der Waals surface area contributed by atoms with E-state index in [0.717, 1.165) is 6.42 Å². The third-order valence-corrected chi connectivity index (χ3v) is 17.8. The maximum atomic E-state index is 10.6. The summed E-state index contributed by atoms with van der Waals surface area (Å²) >= 11 is 0.0287. The number of carbonyl (C=O) groups excluding carboxylic acids is 1. The van der Waals surface area contributed by atoms with Crippen LogP contribution >= 0.6 is 0 Å². The van der Waals surface area contributed by atoms with Crippen LogP contribution in [-0.2, 0) is 54.8 Å². The van der Waals surface area contributed by atoms with Gasteiger partial charge in [-0.1, -0.05) is 281 Å². The lowest BCUT2D eigenvalue weighted by molar-refractivity contribution is -0.597. The Bertz CT molecular complexity index is 2060. The molecule has 0 bridgehead atoms. The number of rotatable bonds is 10. The van der Waals surface area contributed by atoms with Gasteiger partial charge in [0, 0.05) is 0 Å². The predicted molar refractivity (Wildman–Crippen MR) is 387 cm³/mol. The van der Waals surface area contributed by atoms with Crippen LogP contribution in [0.2, 0.25) is 0 Å². The van der Waals surface area contributed by atoms with Crippen molar-refractivity contribution in [3.8, 4) is 0 Å². The highest BCUT2D eigenvalue weighted by Crippen LogP contribution is 2.21. The van der Waals surface area contributed by atoms with Crippen molar-refractivity contribution in [1.29, 1.82) is 0 Å². The third kappa shape index (κ3) is 50.1. The lowest BCUT2D eigenvalue weighted by atomic mass is 10.1. The summed E-state index contributed by atoms with van der Waals surface area (Å²) in [6.45, 7) is 35.6. The average Bonchev–Trinajstić information content (AvgIpc) is 3.56. The quantitative estimate of drug-likeness (QED) is 0.0985. The first kappa shape index (κ1) is 88.8. The lowest BCUT2D eigenvalue weighted by Gasteiger charge is -2.00. The molecule has 0 aromatic heterocycles. The van der Waals surface area contributed by atoms with Crippen molar-refractivity contribution < 1.29 is 26.0 Å². The van der Waals surface area contributed by atoms with Gasteiger partial charge in [0.05, 0.1) is 53.1 Å². The van der Waals surface area contributed by atoms with E-state index < -0.39 is 0 Å². The molecule has 454 valence electrons. The van der Waals surface area contributed by atoms with Crippen LogP contribution in [0.3, 0.4) is 0 Å². The molecule has 6 heteroatoms. The second-order valence-corrected chi connectivity index (χ2v) is 27.3. The lowest BCUT2D eigenvalue weighted by Crippen LogP contribution is -3.61. The van der Waals surface area contributed by atoms with E-state index in [2.05, 4.69) is 286 Å². The molecule has 8 rings (SSSR count). The monoisotopic (exact) mass is 1300 g/mol. The van der Waals surface area contributed by atoms with Gasteiger partial charge in [-0.15, -0.1) is 0 Å². The Balaban J connectivity index is -0.000000205. The Labute approximate surface area is 531 Å². The fraction of sp³-hybridized carbons (Fsp3) is 0.355. The van der Waals surface area contributed by atoms with E-state index >= 15 is 0 Å². The van der Waals surface area contributed by atoms with Crippen LogP contribution in [0.5, 0.6) is 0 Å². The molecule has 1 unspecified atom stereocenters. The van der Waals surface area contributed by atoms with Gasteiger partial charge >= 0.3 is 21.2 Å². The Morgan fingerprint density at radius 2 is 0.488 bits per heavy atom. The van der Waals surface area contributed by atoms with Crippen LogP contribution in [0.15, 0.2) is 262 Å². The molecule has 0 spiro atoms. The van der Waals surface area contributed by atoms with E-state index in [4.69, 9.17) is 0 Å². The molecule has 0 amide bonds. The van der Waals surface area contributed by atoms with Crippen molar-refractivity contribution in [2.24, 2.45) is 0 Å². The first-order chi connectivity index (χ1) is 39.9. The van der Waals surface area contributed by atoms with E-state index in [0.29, 0.717) is 16.7 Å². The maximum Gasteiger partial charge on any atom is 0.357 e. The molecule has 0 N–H and O–H groups in total. The minimum Gasteiger partial charge on any atom is -0.294 e. The molecule has 0 fully saturated rings. The molecule has 8 aromatic rings.